The number of halogens is 1. The molecule has 31 heavy (non-hydrogen) atoms. The molecule has 1 aromatic heterocycles. The molecule has 164 valence electrons. The van der Waals surface area contributed by atoms with E-state index >= 15 is 0 Å². The number of benzene rings is 1. The van der Waals surface area contributed by atoms with Crippen molar-refractivity contribution < 1.29 is 24.1 Å². The predicted molar refractivity (Wildman–Crippen MR) is 115 cm³/mol. The Bertz CT molecular complexity index is 994. The van der Waals surface area contributed by atoms with Crippen LogP contribution in [0.15, 0.2) is 30.3 Å². The summed E-state index contributed by atoms with van der Waals surface area (Å²) in [5, 5.41) is 30.0. The molecule has 0 unspecified atom stereocenters. The molecule has 7 heteroatoms. The van der Waals surface area contributed by atoms with Gasteiger partial charge >= 0.3 is 5.97 Å². The van der Waals surface area contributed by atoms with Crippen molar-refractivity contribution in [1.82, 2.24) is 4.98 Å². The second kappa shape index (κ2) is 10.8. The van der Waals surface area contributed by atoms with Gasteiger partial charge in [0.25, 0.3) is 0 Å². The van der Waals surface area contributed by atoms with Crippen molar-refractivity contribution in [3.8, 4) is 17.3 Å². The van der Waals surface area contributed by atoms with Crippen LogP contribution in [0.1, 0.15) is 55.0 Å². The number of carbonyl (C=O) groups is 1. The summed E-state index contributed by atoms with van der Waals surface area (Å²) in [6.07, 6.45) is 0.791. The SMILES string of the molecule is COC(=O)C[C@H](O)C[C@H](O)/C=C/c1c(-c2ccc(F)cc2)nc(C)c(C#N)c1C(C)C. The quantitative estimate of drug-likeness (QED) is 0.621. The lowest BCUT2D eigenvalue weighted by Gasteiger charge is -2.19. The van der Waals surface area contributed by atoms with Crippen LogP contribution in [-0.4, -0.2) is 40.5 Å². The molecule has 0 aliphatic carbocycles. The Labute approximate surface area is 181 Å². The maximum Gasteiger partial charge on any atom is 0.308 e. The summed E-state index contributed by atoms with van der Waals surface area (Å²) in [5.41, 5.74) is 3.69. The number of pyridine rings is 1. The van der Waals surface area contributed by atoms with Crippen molar-refractivity contribution in [2.45, 2.75) is 51.7 Å². The molecule has 0 aliphatic rings. The fourth-order valence-electron chi connectivity index (χ4n) is 3.40. The number of ether oxygens (including phenoxy) is 1. The van der Waals surface area contributed by atoms with Crippen molar-refractivity contribution in [3.63, 3.8) is 0 Å². The normalized spacial score (nSPS) is 13.3. The van der Waals surface area contributed by atoms with E-state index in [4.69, 9.17) is 0 Å². The van der Waals surface area contributed by atoms with Crippen LogP contribution in [0.4, 0.5) is 4.39 Å². The van der Waals surface area contributed by atoms with E-state index in [-0.39, 0.29) is 24.6 Å². The molecule has 0 radical (unpaired) electrons. The number of hydrogen-bond donors (Lipinski definition) is 2. The first kappa shape index (κ1) is 24.2. The number of aliphatic hydroxyl groups excluding tert-OH is 2. The molecule has 0 fully saturated rings. The lowest BCUT2D eigenvalue weighted by molar-refractivity contribution is -0.143. The van der Waals surface area contributed by atoms with Crippen molar-refractivity contribution >= 4 is 12.0 Å². The van der Waals surface area contributed by atoms with Crippen LogP contribution in [0.3, 0.4) is 0 Å². The smallest absolute Gasteiger partial charge is 0.308 e. The third-order valence-electron chi connectivity index (χ3n) is 4.89. The van der Waals surface area contributed by atoms with Gasteiger partial charge in [0.2, 0.25) is 0 Å². The number of esters is 1. The molecule has 1 aromatic carbocycles. The molecule has 0 bridgehead atoms. The maximum absolute atomic E-state index is 13.4. The largest absolute Gasteiger partial charge is 0.469 e. The number of nitriles is 1. The minimum atomic E-state index is -1.06. The van der Waals surface area contributed by atoms with E-state index in [1.807, 2.05) is 13.8 Å². The Morgan fingerprint density at radius 1 is 1.29 bits per heavy atom. The molecule has 0 saturated heterocycles. The highest BCUT2D eigenvalue weighted by Gasteiger charge is 2.20. The Balaban J connectivity index is 2.50. The van der Waals surface area contributed by atoms with Crippen LogP contribution >= 0.6 is 0 Å². The number of aryl methyl sites for hydroxylation is 1. The molecule has 0 spiro atoms. The van der Waals surface area contributed by atoms with Crippen molar-refractivity contribution in [1.29, 1.82) is 5.26 Å². The van der Waals surface area contributed by atoms with Gasteiger partial charge in [-0.1, -0.05) is 26.0 Å². The van der Waals surface area contributed by atoms with Gasteiger partial charge < -0.3 is 14.9 Å². The van der Waals surface area contributed by atoms with Crippen LogP contribution in [0.25, 0.3) is 17.3 Å². The molecule has 0 saturated carbocycles. The summed E-state index contributed by atoms with van der Waals surface area (Å²) in [7, 11) is 1.23. The average molecular weight is 426 g/mol. The van der Waals surface area contributed by atoms with Gasteiger partial charge in [0.15, 0.2) is 0 Å². The first-order chi connectivity index (χ1) is 14.7. The van der Waals surface area contributed by atoms with Gasteiger partial charge in [-0.3, -0.25) is 9.78 Å². The number of aromatic nitrogens is 1. The lowest BCUT2D eigenvalue weighted by atomic mass is 9.88. The zero-order chi connectivity index (χ0) is 23.1. The van der Waals surface area contributed by atoms with Crippen molar-refractivity contribution in [3.05, 3.63) is 58.5 Å². The fraction of sp³-hybridized carbons (Fsp3) is 0.375. The average Bonchev–Trinajstić information content (AvgIpc) is 2.72. The minimum absolute atomic E-state index is 0.0164. The van der Waals surface area contributed by atoms with E-state index < -0.39 is 18.2 Å². The highest BCUT2D eigenvalue weighted by atomic mass is 19.1. The Kier molecular flexibility index (Phi) is 8.43. The van der Waals surface area contributed by atoms with E-state index in [0.717, 1.165) is 5.56 Å². The van der Waals surface area contributed by atoms with Gasteiger partial charge in [0.05, 0.1) is 42.7 Å². The first-order valence-corrected chi connectivity index (χ1v) is 9.99. The minimum Gasteiger partial charge on any atom is -0.469 e. The molecule has 0 aliphatic heterocycles. The molecule has 6 nitrogen and oxygen atoms in total. The van der Waals surface area contributed by atoms with Crippen molar-refractivity contribution in [2.75, 3.05) is 7.11 Å². The van der Waals surface area contributed by atoms with Crippen LogP contribution in [-0.2, 0) is 9.53 Å². The van der Waals surface area contributed by atoms with Crippen LogP contribution < -0.4 is 0 Å². The predicted octanol–water partition coefficient (Wildman–Crippen LogP) is 3.88. The molecule has 2 N–H and O–H groups in total. The van der Waals surface area contributed by atoms with Crippen molar-refractivity contribution in [2.24, 2.45) is 0 Å². The summed E-state index contributed by atoms with van der Waals surface area (Å²) in [6, 6.07) is 8.11. The highest BCUT2D eigenvalue weighted by Crippen LogP contribution is 2.34. The van der Waals surface area contributed by atoms with E-state index in [1.165, 1.54) is 25.3 Å². The third-order valence-corrected chi connectivity index (χ3v) is 4.89. The number of carbonyl (C=O) groups excluding carboxylic acids is 1. The van der Waals surface area contributed by atoms with Crippen LogP contribution in [0.2, 0.25) is 0 Å². The maximum atomic E-state index is 13.4. The molecule has 2 rings (SSSR count). The Morgan fingerprint density at radius 2 is 1.94 bits per heavy atom. The number of hydrogen-bond acceptors (Lipinski definition) is 6. The standard InChI is InChI=1S/C24H27FN2O4/c1-14(2)23-20(10-9-18(28)11-19(29)12-22(30)31-4)24(27-15(3)21(23)13-26)16-5-7-17(25)8-6-16/h5-10,14,18-19,28-29H,11-12H2,1-4H3/b10-9+/t18-,19-/m1/s1. The van der Waals surface area contributed by atoms with Gasteiger partial charge in [-0.15, -0.1) is 0 Å². The molecule has 1 heterocycles. The summed E-state index contributed by atoms with van der Waals surface area (Å²) in [5.74, 6) is -0.951. The molecule has 2 atom stereocenters. The van der Waals surface area contributed by atoms with Gasteiger partial charge in [0, 0.05) is 17.5 Å². The van der Waals surface area contributed by atoms with E-state index in [2.05, 4.69) is 15.8 Å². The van der Waals surface area contributed by atoms with Crippen LogP contribution in [0, 0.1) is 24.1 Å². The van der Waals surface area contributed by atoms with Gasteiger partial charge in [-0.2, -0.15) is 5.26 Å². The zero-order valence-electron chi connectivity index (χ0n) is 18.1. The fourth-order valence-corrected chi connectivity index (χ4v) is 3.40. The molecule has 2 aromatic rings. The van der Waals surface area contributed by atoms with Gasteiger partial charge in [0.1, 0.15) is 11.9 Å². The zero-order valence-corrected chi connectivity index (χ0v) is 18.1. The van der Waals surface area contributed by atoms with E-state index in [9.17, 15) is 24.7 Å². The topological polar surface area (TPSA) is 103 Å². The van der Waals surface area contributed by atoms with Crippen LogP contribution in [0.5, 0.6) is 0 Å². The number of methoxy groups -OCH3 is 1. The van der Waals surface area contributed by atoms with E-state index in [0.29, 0.717) is 28.1 Å². The molecule has 0 amide bonds. The van der Waals surface area contributed by atoms with E-state index in [1.54, 1.807) is 25.1 Å². The molecular weight excluding hydrogens is 399 g/mol. The molecular formula is C24H27FN2O4. The Hall–Kier alpha value is -3.08. The second-order valence-electron chi connectivity index (χ2n) is 7.62. The highest BCUT2D eigenvalue weighted by molar-refractivity contribution is 5.77. The monoisotopic (exact) mass is 426 g/mol. The lowest BCUT2D eigenvalue weighted by Crippen LogP contribution is -2.20. The summed E-state index contributed by atoms with van der Waals surface area (Å²) >= 11 is 0. The van der Waals surface area contributed by atoms with Gasteiger partial charge in [-0.05, 0) is 42.7 Å². The third kappa shape index (κ3) is 6.20. The number of rotatable bonds is 8. The second-order valence-corrected chi connectivity index (χ2v) is 7.62. The summed E-state index contributed by atoms with van der Waals surface area (Å²) in [4.78, 5) is 15.9. The summed E-state index contributed by atoms with van der Waals surface area (Å²) in [6.45, 7) is 5.67. The van der Waals surface area contributed by atoms with Gasteiger partial charge in [-0.25, -0.2) is 4.39 Å². The number of nitrogens with zero attached hydrogens (tertiary/aromatic N) is 2. The first-order valence-electron chi connectivity index (χ1n) is 9.99. The summed E-state index contributed by atoms with van der Waals surface area (Å²) < 4.78 is 18.0. The number of aliphatic hydroxyl groups is 2. The Morgan fingerprint density at radius 3 is 2.48 bits per heavy atom.